The maximum atomic E-state index is 12.9. The average molecular weight is 301 g/mol. The zero-order valence-electron chi connectivity index (χ0n) is 11.5. The molecule has 0 amide bonds. The first-order chi connectivity index (χ1) is 10.0. The van der Waals surface area contributed by atoms with Gasteiger partial charge < -0.3 is 5.73 Å². The number of sulfonamides is 1. The van der Waals surface area contributed by atoms with E-state index < -0.39 is 16.1 Å². The monoisotopic (exact) mass is 301 g/mol. The number of hydrogen-bond acceptors (Lipinski definition) is 4. The Hall–Kier alpha value is -2.18. The van der Waals surface area contributed by atoms with E-state index in [9.17, 15) is 8.42 Å². The first-order valence-corrected chi connectivity index (χ1v) is 7.97. The van der Waals surface area contributed by atoms with E-state index in [4.69, 9.17) is 5.73 Å². The van der Waals surface area contributed by atoms with Gasteiger partial charge >= 0.3 is 0 Å². The lowest BCUT2D eigenvalue weighted by Crippen LogP contribution is -2.40. The minimum absolute atomic E-state index is 0.241. The summed E-state index contributed by atoms with van der Waals surface area (Å²) in [4.78, 5) is 4.23. The zero-order valence-corrected chi connectivity index (χ0v) is 12.3. The summed E-state index contributed by atoms with van der Waals surface area (Å²) in [5, 5.41) is 0. The van der Waals surface area contributed by atoms with Crippen LogP contribution < -0.4 is 10.0 Å². The van der Waals surface area contributed by atoms with E-state index in [0.717, 1.165) is 0 Å². The van der Waals surface area contributed by atoms with E-state index in [-0.39, 0.29) is 4.90 Å². The quantitative estimate of drug-likeness (QED) is 0.920. The van der Waals surface area contributed by atoms with Crippen LogP contribution in [0.1, 0.15) is 12.5 Å². The highest BCUT2D eigenvalue weighted by Gasteiger charge is 2.34. The summed E-state index contributed by atoms with van der Waals surface area (Å²) in [5.74, 6) is 0. The van der Waals surface area contributed by atoms with Crippen molar-refractivity contribution in [2.24, 2.45) is 5.73 Å². The van der Waals surface area contributed by atoms with Gasteiger partial charge in [-0.25, -0.2) is 12.7 Å². The highest BCUT2D eigenvalue weighted by molar-refractivity contribution is 7.93. The van der Waals surface area contributed by atoms with Crippen molar-refractivity contribution in [3.8, 4) is 0 Å². The molecule has 0 aliphatic carbocycles. The Bertz CT molecular complexity index is 799. The first kappa shape index (κ1) is 13.8. The van der Waals surface area contributed by atoms with Gasteiger partial charge in [0, 0.05) is 24.0 Å². The van der Waals surface area contributed by atoms with Gasteiger partial charge in [0.25, 0.3) is 10.0 Å². The highest BCUT2D eigenvalue weighted by Crippen LogP contribution is 2.35. The number of hydrogen-bond donors (Lipinski definition) is 1. The number of aromatic nitrogens is 1. The van der Waals surface area contributed by atoms with Gasteiger partial charge in [-0.3, -0.25) is 4.98 Å². The third-order valence-electron chi connectivity index (χ3n) is 3.32. The molecule has 2 heterocycles. The van der Waals surface area contributed by atoms with Crippen LogP contribution in [-0.2, 0) is 10.0 Å². The average Bonchev–Trinajstić information content (AvgIpc) is 2.47. The fourth-order valence-electron chi connectivity index (χ4n) is 2.36. The standard InChI is InChI=1S/C15H15N3O2S/c1-11(16)14-9-12-10-17-8-7-15(12)21(19,20)18(14)13-5-3-2-4-6-13/h2-11H,16H2,1H3. The third-order valence-corrected chi connectivity index (χ3v) is 5.15. The summed E-state index contributed by atoms with van der Waals surface area (Å²) in [6.07, 6.45) is 4.79. The minimum atomic E-state index is -3.69. The molecule has 0 saturated heterocycles. The molecule has 1 aliphatic heterocycles. The number of pyridine rings is 1. The Labute approximate surface area is 123 Å². The third kappa shape index (κ3) is 2.22. The molecule has 0 bridgehead atoms. The summed E-state index contributed by atoms with van der Waals surface area (Å²) in [6.45, 7) is 1.76. The van der Waals surface area contributed by atoms with Crippen LogP contribution in [0.5, 0.6) is 0 Å². The molecule has 1 aromatic heterocycles. The molecule has 21 heavy (non-hydrogen) atoms. The number of benzene rings is 1. The van der Waals surface area contributed by atoms with Crippen molar-refractivity contribution < 1.29 is 8.42 Å². The molecule has 5 nitrogen and oxygen atoms in total. The van der Waals surface area contributed by atoms with Crippen molar-refractivity contribution in [3.05, 3.63) is 60.1 Å². The smallest absolute Gasteiger partial charge is 0.269 e. The Morgan fingerprint density at radius 2 is 1.90 bits per heavy atom. The number of para-hydroxylation sites is 1. The lowest BCUT2D eigenvalue weighted by molar-refractivity contribution is 0.591. The summed E-state index contributed by atoms with van der Waals surface area (Å²) >= 11 is 0. The zero-order chi connectivity index (χ0) is 15.0. The van der Waals surface area contributed by atoms with Crippen molar-refractivity contribution in [1.82, 2.24) is 4.98 Å². The van der Waals surface area contributed by atoms with Gasteiger partial charge in [-0.15, -0.1) is 0 Å². The van der Waals surface area contributed by atoms with Crippen LogP contribution in [0.25, 0.3) is 6.08 Å². The predicted octanol–water partition coefficient (Wildman–Crippen LogP) is 1.98. The van der Waals surface area contributed by atoms with E-state index in [1.807, 2.05) is 6.07 Å². The molecule has 1 aliphatic rings. The topological polar surface area (TPSA) is 76.3 Å². The summed E-state index contributed by atoms with van der Waals surface area (Å²) in [5.41, 5.74) is 7.65. The molecular formula is C15H15N3O2S. The number of fused-ring (bicyclic) bond motifs is 1. The second-order valence-electron chi connectivity index (χ2n) is 4.88. The van der Waals surface area contributed by atoms with E-state index in [1.165, 1.54) is 22.8 Å². The molecule has 6 heteroatoms. The minimum Gasteiger partial charge on any atom is -0.323 e. The van der Waals surface area contributed by atoms with Crippen molar-refractivity contribution in [3.63, 3.8) is 0 Å². The maximum absolute atomic E-state index is 12.9. The van der Waals surface area contributed by atoms with Crippen LogP contribution in [-0.4, -0.2) is 19.4 Å². The second-order valence-corrected chi connectivity index (χ2v) is 6.63. The molecule has 3 rings (SSSR count). The molecule has 2 aromatic rings. The van der Waals surface area contributed by atoms with Gasteiger partial charge in [0.1, 0.15) is 0 Å². The van der Waals surface area contributed by atoms with Gasteiger partial charge in [-0.2, -0.15) is 0 Å². The fraction of sp³-hybridized carbons (Fsp3) is 0.133. The van der Waals surface area contributed by atoms with Crippen LogP contribution in [0.15, 0.2) is 59.4 Å². The summed E-state index contributed by atoms with van der Waals surface area (Å²) < 4.78 is 27.1. The second kappa shape index (κ2) is 4.98. The predicted molar refractivity (Wildman–Crippen MR) is 82.0 cm³/mol. The van der Waals surface area contributed by atoms with Crippen LogP contribution in [0.2, 0.25) is 0 Å². The SMILES string of the molecule is CC(N)C1=Cc2cnccc2S(=O)(=O)N1c1ccccc1. The summed E-state index contributed by atoms with van der Waals surface area (Å²) in [7, 11) is -3.69. The highest BCUT2D eigenvalue weighted by atomic mass is 32.2. The van der Waals surface area contributed by atoms with Gasteiger partial charge in [0.15, 0.2) is 0 Å². The lowest BCUT2D eigenvalue weighted by atomic mass is 10.1. The van der Waals surface area contributed by atoms with Gasteiger partial charge in [-0.1, -0.05) is 18.2 Å². The van der Waals surface area contributed by atoms with Crippen LogP contribution >= 0.6 is 0 Å². The molecule has 1 unspecified atom stereocenters. The Morgan fingerprint density at radius 1 is 1.19 bits per heavy atom. The van der Waals surface area contributed by atoms with Crippen LogP contribution in [0, 0.1) is 0 Å². The Kier molecular flexibility index (Phi) is 3.27. The van der Waals surface area contributed by atoms with Crippen LogP contribution in [0.4, 0.5) is 5.69 Å². The number of nitrogens with zero attached hydrogens (tertiary/aromatic N) is 2. The van der Waals surface area contributed by atoms with E-state index >= 15 is 0 Å². The van der Waals surface area contributed by atoms with Gasteiger partial charge in [0.05, 0.1) is 16.3 Å². The lowest BCUT2D eigenvalue weighted by Gasteiger charge is -2.32. The fourth-order valence-corrected chi connectivity index (χ4v) is 4.09. The van der Waals surface area contributed by atoms with Crippen LogP contribution in [0.3, 0.4) is 0 Å². The van der Waals surface area contributed by atoms with E-state index in [1.54, 1.807) is 37.3 Å². The molecular weight excluding hydrogens is 286 g/mol. The Balaban J connectivity index is 2.29. The largest absolute Gasteiger partial charge is 0.323 e. The summed E-state index contributed by atoms with van der Waals surface area (Å²) in [6, 6.07) is 10.0. The van der Waals surface area contributed by atoms with Crippen molar-refractivity contribution >= 4 is 21.8 Å². The van der Waals surface area contributed by atoms with Crippen molar-refractivity contribution in [2.75, 3.05) is 4.31 Å². The van der Waals surface area contributed by atoms with Crippen molar-refractivity contribution in [2.45, 2.75) is 17.9 Å². The molecule has 0 radical (unpaired) electrons. The first-order valence-electron chi connectivity index (χ1n) is 6.53. The normalized spacial score (nSPS) is 17.8. The molecule has 0 spiro atoms. The molecule has 2 N–H and O–H groups in total. The number of rotatable bonds is 2. The van der Waals surface area contributed by atoms with E-state index in [2.05, 4.69) is 4.98 Å². The van der Waals surface area contributed by atoms with Crippen molar-refractivity contribution in [1.29, 1.82) is 0 Å². The molecule has 1 aromatic carbocycles. The molecule has 108 valence electrons. The number of nitrogens with two attached hydrogens (primary N) is 1. The number of anilines is 1. The van der Waals surface area contributed by atoms with E-state index in [0.29, 0.717) is 16.9 Å². The Morgan fingerprint density at radius 3 is 2.57 bits per heavy atom. The maximum Gasteiger partial charge on any atom is 0.269 e. The molecule has 0 saturated carbocycles. The molecule has 0 fully saturated rings. The van der Waals surface area contributed by atoms with Gasteiger partial charge in [-0.05, 0) is 31.2 Å². The van der Waals surface area contributed by atoms with Gasteiger partial charge in [0.2, 0.25) is 0 Å². The molecule has 1 atom stereocenters.